The maximum Gasteiger partial charge on any atom is 0.308 e. The van der Waals surface area contributed by atoms with Crippen molar-refractivity contribution >= 4 is 40.9 Å². The first-order valence-corrected chi connectivity index (χ1v) is 13.9. The fourth-order valence-electron chi connectivity index (χ4n) is 5.91. The molecule has 0 aliphatic carbocycles. The number of methoxy groups -OCH3 is 1. The molecule has 214 valence electrons. The third-order valence-corrected chi connectivity index (χ3v) is 8.48. The number of hydrogen-bond donors (Lipinski definition) is 1. The molecule has 0 radical (unpaired) electrons. The zero-order chi connectivity index (χ0) is 29.5. The lowest BCUT2D eigenvalue weighted by Crippen LogP contribution is -2.51. The zero-order valence-corrected chi connectivity index (χ0v) is 23.9. The topological polar surface area (TPSA) is 93.1 Å². The second-order valence-corrected chi connectivity index (χ2v) is 11.2. The molecule has 1 amide bonds. The van der Waals surface area contributed by atoms with E-state index in [1.165, 1.54) is 25.0 Å². The van der Waals surface area contributed by atoms with Crippen LogP contribution in [0.4, 0.5) is 4.39 Å². The minimum Gasteiger partial charge on any atom is -0.481 e. The SMILES string of the molecule is CO[C@]1(c2ccc(Cl)cc2)c2c(F)cc(C(=O)C3CCOCC3)cc2C(=O)N1[C@H](c1ccc(Cl)cc1)[C@H](C)C(=O)O. The van der Waals surface area contributed by atoms with E-state index in [0.29, 0.717) is 47.2 Å². The van der Waals surface area contributed by atoms with Crippen molar-refractivity contribution in [1.82, 2.24) is 4.90 Å². The standard InChI is InChI=1S/C31H28Cl2FNO6/c1-17(30(38)39)27(18-3-7-22(32)8-4-18)35-29(37)24-15-20(28(36)19-11-13-41-14-12-19)16-25(34)26(24)31(35,40-2)21-5-9-23(33)10-6-21/h3-10,15-17,19,27H,11-14H2,1-2H3,(H,38,39)/t17-,27-,31+/m0/s1. The van der Waals surface area contributed by atoms with Crippen LogP contribution in [0.3, 0.4) is 0 Å². The van der Waals surface area contributed by atoms with Gasteiger partial charge in [0.1, 0.15) is 5.82 Å². The molecule has 2 aliphatic rings. The number of carboxylic acid groups (broad SMARTS) is 1. The van der Waals surface area contributed by atoms with Gasteiger partial charge in [-0.1, -0.05) is 47.5 Å². The van der Waals surface area contributed by atoms with Crippen molar-refractivity contribution in [3.05, 3.63) is 104 Å². The molecule has 7 nitrogen and oxygen atoms in total. The number of hydrogen-bond acceptors (Lipinski definition) is 5. The molecule has 2 aliphatic heterocycles. The number of amides is 1. The van der Waals surface area contributed by atoms with Gasteiger partial charge < -0.3 is 14.6 Å². The molecular weight excluding hydrogens is 572 g/mol. The highest BCUT2D eigenvalue weighted by atomic mass is 35.5. The second-order valence-electron chi connectivity index (χ2n) is 10.3. The molecule has 0 spiro atoms. The number of rotatable bonds is 8. The molecule has 3 aromatic carbocycles. The van der Waals surface area contributed by atoms with Crippen LogP contribution in [-0.2, 0) is 20.0 Å². The summed E-state index contributed by atoms with van der Waals surface area (Å²) in [5.74, 6) is -4.45. The van der Waals surface area contributed by atoms with Gasteiger partial charge in [-0.15, -0.1) is 0 Å². The Morgan fingerprint density at radius 3 is 2.20 bits per heavy atom. The molecule has 1 N–H and O–H groups in total. The van der Waals surface area contributed by atoms with E-state index >= 15 is 4.39 Å². The van der Waals surface area contributed by atoms with Gasteiger partial charge in [0.05, 0.1) is 23.1 Å². The Bertz CT molecular complexity index is 1490. The molecule has 10 heteroatoms. The van der Waals surface area contributed by atoms with E-state index in [1.54, 1.807) is 48.5 Å². The quantitative estimate of drug-likeness (QED) is 0.297. The number of carbonyl (C=O) groups is 3. The predicted octanol–water partition coefficient (Wildman–Crippen LogP) is 6.51. The highest BCUT2D eigenvalue weighted by molar-refractivity contribution is 6.30. The number of Topliss-reactive ketones (excluding diaryl/α,β-unsaturated/α-hetero) is 1. The number of aliphatic carboxylic acids is 1. The normalized spacial score (nSPS) is 20.5. The number of halogens is 3. The molecule has 3 atom stereocenters. The van der Waals surface area contributed by atoms with Crippen LogP contribution in [0.5, 0.6) is 0 Å². The van der Waals surface area contributed by atoms with Gasteiger partial charge in [0.15, 0.2) is 11.5 Å². The highest BCUT2D eigenvalue weighted by Gasteiger charge is 2.58. The van der Waals surface area contributed by atoms with Crippen LogP contribution in [-0.4, -0.2) is 48.0 Å². The van der Waals surface area contributed by atoms with Crippen LogP contribution in [0.25, 0.3) is 0 Å². The van der Waals surface area contributed by atoms with Crippen LogP contribution >= 0.6 is 23.2 Å². The molecule has 2 heterocycles. The van der Waals surface area contributed by atoms with Crippen LogP contribution in [0, 0.1) is 17.7 Å². The van der Waals surface area contributed by atoms with E-state index in [0.717, 1.165) is 6.07 Å². The molecule has 0 unspecified atom stereocenters. The summed E-state index contributed by atoms with van der Waals surface area (Å²) < 4.78 is 27.8. The predicted molar refractivity (Wildman–Crippen MR) is 151 cm³/mol. The number of ether oxygens (including phenoxy) is 2. The fourth-order valence-corrected chi connectivity index (χ4v) is 6.16. The molecule has 5 rings (SSSR count). The number of carboxylic acids is 1. The molecule has 0 saturated carbocycles. The summed E-state index contributed by atoms with van der Waals surface area (Å²) >= 11 is 12.3. The van der Waals surface area contributed by atoms with Crippen molar-refractivity contribution in [3.8, 4) is 0 Å². The first kappa shape index (κ1) is 29.2. The molecular formula is C31H28Cl2FNO6. The van der Waals surface area contributed by atoms with Gasteiger partial charge in [-0.3, -0.25) is 19.3 Å². The Hall–Kier alpha value is -3.30. The van der Waals surface area contributed by atoms with Crippen LogP contribution in [0.15, 0.2) is 60.7 Å². The van der Waals surface area contributed by atoms with E-state index in [9.17, 15) is 19.5 Å². The maximum absolute atomic E-state index is 16.4. The minimum atomic E-state index is -1.88. The highest BCUT2D eigenvalue weighted by Crippen LogP contribution is 2.52. The summed E-state index contributed by atoms with van der Waals surface area (Å²) in [4.78, 5) is 41.5. The van der Waals surface area contributed by atoms with E-state index in [2.05, 4.69) is 0 Å². The van der Waals surface area contributed by atoms with E-state index in [1.807, 2.05) is 0 Å². The molecule has 1 saturated heterocycles. The van der Waals surface area contributed by atoms with E-state index in [-0.39, 0.29) is 28.4 Å². The van der Waals surface area contributed by atoms with Crippen LogP contribution in [0.1, 0.15) is 63.2 Å². The number of carbonyl (C=O) groups excluding carboxylic acids is 2. The van der Waals surface area contributed by atoms with Gasteiger partial charge in [-0.05, 0) is 61.7 Å². The van der Waals surface area contributed by atoms with Crippen molar-refractivity contribution < 1.29 is 33.4 Å². The van der Waals surface area contributed by atoms with Gasteiger partial charge in [-0.2, -0.15) is 0 Å². The minimum absolute atomic E-state index is 0.0683. The van der Waals surface area contributed by atoms with Gasteiger partial charge >= 0.3 is 5.97 Å². The summed E-state index contributed by atoms with van der Waals surface area (Å²) in [7, 11) is 1.33. The number of fused-ring (bicyclic) bond motifs is 1. The average Bonchev–Trinajstić information content (AvgIpc) is 3.23. The molecule has 1 fully saturated rings. The Kier molecular flexibility index (Phi) is 8.21. The maximum atomic E-state index is 16.4. The largest absolute Gasteiger partial charge is 0.481 e. The lowest BCUT2D eigenvalue weighted by atomic mass is 9.86. The first-order valence-electron chi connectivity index (χ1n) is 13.2. The summed E-state index contributed by atoms with van der Waals surface area (Å²) in [6, 6.07) is 14.2. The lowest BCUT2D eigenvalue weighted by molar-refractivity contribution is -0.149. The van der Waals surface area contributed by atoms with Crippen LogP contribution < -0.4 is 0 Å². The molecule has 41 heavy (non-hydrogen) atoms. The van der Waals surface area contributed by atoms with Crippen LogP contribution in [0.2, 0.25) is 10.0 Å². The Morgan fingerprint density at radius 1 is 1.05 bits per heavy atom. The zero-order valence-electron chi connectivity index (χ0n) is 22.4. The average molecular weight is 600 g/mol. The van der Waals surface area contributed by atoms with Crippen molar-refractivity contribution in [2.24, 2.45) is 11.8 Å². The van der Waals surface area contributed by atoms with E-state index in [4.69, 9.17) is 32.7 Å². The van der Waals surface area contributed by atoms with Gasteiger partial charge in [-0.25, -0.2) is 4.39 Å². The Morgan fingerprint density at radius 2 is 1.63 bits per heavy atom. The summed E-state index contributed by atoms with van der Waals surface area (Å²) in [6.45, 7) is 2.32. The fraction of sp³-hybridized carbons (Fsp3) is 0.323. The monoisotopic (exact) mass is 599 g/mol. The van der Waals surface area contributed by atoms with Crippen molar-refractivity contribution in [1.29, 1.82) is 0 Å². The number of ketones is 1. The second kappa shape index (κ2) is 11.5. The molecule has 0 bridgehead atoms. The molecule has 3 aromatic rings. The summed E-state index contributed by atoms with van der Waals surface area (Å²) in [5, 5.41) is 11.0. The van der Waals surface area contributed by atoms with Crippen molar-refractivity contribution in [2.75, 3.05) is 20.3 Å². The third kappa shape index (κ3) is 5.03. The number of nitrogens with zero attached hydrogens (tertiary/aromatic N) is 1. The van der Waals surface area contributed by atoms with Gasteiger partial charge in [0.25, 0.3) is 5.91 Å². The van der Waals surface area contributed by atoms with Crippen molar-refractivity contribution in [3.63, 3.8) is 0 Å². The third-order valence-electron chi connectivity index (χ3n) is 7.98. The van der Waals surface area contributed by atoms with E-state index < -0.39 is 35.4 Å². The molecule has 0 aromatic heterocycles. The lowest BCUT2D eigenvalue weighted by Gasteiger charge is -2.44. The Balaban J connectivity index is 1.76. The Labute approximate surface area is 246 Å². The number of benzene rings is 3. The first-order chi connectivity index (χ1) is 19.6. The smallest absolute Gasteiger partial charge is 0.308 e. The van der Waals surface area contributed by atoms with Crippen molar-refractivity contribution in [2.45, 2.75) is 31.5 Å². The summed E-state index contributed by atoms with van der Waals surface area (Å²) in [5.41, 5.74) is -1.18. The summed E-state index contributed by atoms with van der Waals surface area (Å²) in [6.07, 6.45) is 0.998. The van der Waals surface area contributed by atoms with Gasteiger partial charge in [0.2, 0.25) is 0 Å². The van der Waals surface area contributed by atoms with Gasteiger partial charge in [0, 0.05) is 47.4 Å².